The smallest absolute Gasteiger partial charge is 0.0946 e. The molecule has 0 saturated heterocycles. The highest BCUT2D eigenvalue weighted by atomic mass is 79.9. The molecule has 2 aromatic rings. The van der Waals surface area contributed by atoms with Gasteiger partial charge in [-0.05, 0) is 29.9 Å². The summed E-state index contributed by atoms with van der Waals surface area (Å²) in [6, 6.07) is 6.46. The standard InChI is InChI=1S/C16H20Br2N2S/c1-2-3-4-9-21-16(11-20-8-7-19-12-20)14-6-5-13(17)10-15(14)18/h5-8,10,12,16H,2-4,9,11H2,1H3. The molecule has 0 saturated carbocycles. The summed E-state index contributed by atoms with van der Waals surface area (Å²) in [5.74, 6) is 1.20. The van der Waals surface area contributed by atoms with Gasteiger partial charge < -0.3 is 4.57 Å². The molecule has 114 valence electrons. The van der Waals surface area contributed by atoms with Gasteiger partial charge in [0, 0.05) is 33.1 Å². The van der Waals surface area contributed by atoms with Crippen molar-refractivity contribution in [3.8, 4) is 0 Å². The average Bonchev–Trinajstić information content (AvgIpc) is 2.95. The first-order chi connectivity index (χ1) is 10.2. The minimum absolute atomic E-state index is 0.443. The van der Waals surface area contributed by atoms with E-state index in [9.17, 15) is 0 Å². The van der Waals surface area contributed by atoms with Crippen LogP contribution in [-0.2, 0) is 6.54 Å². The van der Waals surface area contributed by atoms with Crippen molar-refractivity contribution in [3.63, 3.8) is 0 Å². The van der Waals surface area contributed by atoms with E-state index in [4.69, 9.17) is 0 Å². The van der Waals surface area contributed by atoms with Gasteiger partial charge in [0.25, 0.3) is 0 Å². The lowest BCUT2D eigenvalue weighted by Gasteiger charge is -2.19. The second-order valence-electron chi connectivity index (χ2n) is 4.99. The minimum atomic E-state index is 0.443. The summed E-state index contributed by atoms with van der Waals surface area (Å²) < 4.78 is 4.44. The molecule has 0 bridgehead atoms. The summed E-state index contributed by atoms with van der Waals surface area (Å²) in [7, 11) is 0. The molecule has 0 aliphatic rings. The third-order valence-electron chi connectivity index (χ3n) is 3.31. The van der Waals surface area contributed by atoms with Gasteiger partial charge in [-0.3, -0.25) is 0 Å². The highest BCUT2D eigenvalue weighted by molar-refractivity contribution is 9.11. The van der Waals surface area contributed by atoms with Crippen LogP contribution in [-0.4, -0.2) is 15.3 Å². The Morgan fingerprint density at radius 1 is 1.29 bits per heavy atom. The van der Waals surface area contributed by atoms with E-state index < -0.39 is 0 Å². The van der Waals surface area contributed by atoms with E-state index in [0.29, 0.717) is 5.25 Å². The van der Waals surface area contributed by atoms with Crippen LogP contribution in [0.2, 0.25) is 0 Å². The first-order valence-electron chi connectivity index (χ1n) is 7.23. The van der Waals surface area contributed by atoms with Gasteiger partial charge in [-0.15, -0.1) is 0 Å². The molecule has 2 rings (SSSR count). The second kappa shape index (κ2) is 9.01. The average molecular weight is 432 g/mol. The number of hydrogen-bond donors (Lipinski definition) is 0. The first kappa shape index (κ1) is 17.1. The number of thioether (sulfide) groups is 1. The van der Waals surface area contributed by atoms with Gasteiger partial charge in [0.15, 0.2) is 0 Å². The number of benzene rings is 1. The minimum Gasteiger partial charge on any atom is -0.336 e. The number of rotatable bonds is 8. The molecule has 21 heavy (non-hydrogen) atoms. The fourth-order valence-electron chi connectivity index (χ4n) is 2.17. The van der Waals surface area contributed by atoms with E-state index in [1.807, 2.05) is 30.5 Å². The number of imidazole rings is 1. The van der Waals surface area contributed by atoms with Crippen molar-refractivity contribution in [3.05, 3.63) is 51.4 Å². The van der Waals surface area contributed by atoms with Crippen molar-refractivity contribution >= 4 is 43.6 Å². The molecule has 0 fully saturated rings. The summed E-state index contributed by atoms with van der Waals surface area (Å²) in [5, 5.41) is 0.443. The topological polar surface area (TPSA) is 17.8 Å². The van der Waals surface area contributed by atoms with Crippen molar-refractivity contribution in [2.45, 2.75) is 38.0 Å². The maximum absolute atomic E-state index is 4.15. The molecule has 0 radical (unpaired) electrons. The summed E-state index contributed by atoms with van der Waals surface area (Å²) in [6.45, 7) is 3.20. The molecule has 1 atom stereocenters. The van der Waals surface area contributed by atoms with E-state index in [-0.39, 0.29) is 0 Å². The van der Waals surface area contributed by atoms with E-state index in [2.05, 4.69) is 66.5 Å². The number of nitrogens with zero attached hydrogens (tertiary/aromatic N) is 2. The molecule has 0 amide bonds. The SMILES string of the molecule is CCCCCSC(Cn1ccnc1)c1ccc(Br)cc1Br. The maximum Gasteiger partial charge on any atom is 0.0946 e. The van der Waals surface area contributed by atoms with Crippen molar-refractivity contribution in [2.24, 2.45) is 0 Å². The van der Waals surface area contributed by atoms with Crippen molar-refractivity contribution in [1.82, 2.24) is 9.55 Å². The van der Waals surface area contributed by atoms with Gasteiger partial charge in [0.05, 0.1) is 6.33 Å². The Bertz CT molecular complexity index is 543. The molecule has 1 aromatic heterocycles. The fraction of sp³-hybridized carbons (Fsp3) is 0.438. The molecular formula is C16H20Br2N2S. The Labute approximate surface area is 148 Å². The van der Waals surface area contributed by atoms with Crippen LogP contribution in [0.3, 0.4) is 0 Å². The third kappa shape index (κ3) is 5.46. The molecule has 1 heterocycles. The van der Waals surface area contributed by atoms with Gasteiger partial charge in [-0.2, -0.15) is 11.8 Å². The van der Waals surface area contributed by atoms with Crippen LogP contribution in [0.15, 0.2) is 45.9 Å². The lowest BCUT2D eigenvalue weighted by atomic mass is 10.1. The van der Waals surface area contributed by atoms with E-state index in [1.54, 1.807) is 0 Å². The summed E-state index contributed by atoms with van der Waals surface area (Å²) >= 11 is 9.27. The summed E-state index contributed by atoms with van der Waals surface area (Å²) in [5.41, 5.74) is 1.35. The van der Waals surface area contributed by atoms with Gasteiger partial charge in [0.2, 0.25) is 0 Å². The summed E-state index contributed by atoms with van der Waals surface area (Å²) in [6.07, 6.45) is 9.64. The van der Waals surface area contributed by atoms with Crippen molar-refractivity contribution < 1.29 is 0 Å². The van der Waals surface area contributed by atoms with Crippen molar-refractivity contribution in [1.29, 1.82) is 0 Å². The predicted octanol–water partition coefficient (Wildman–Crippen LogP) is 6.07. The molecular weight excluding hydrogens is 412 g/mol. The van der Waals surface area contributed by atoms with Crippen LogP contribution in [0.25, 0.3) is 0 Å². The second-order valence-corrected chi connectivity index (χ2v) is 8.07. The zero-order chi connectivity index (χ0) is 15.1. The van der Waals surface area contributed by atoms with Gasteiger partial charge >= 0.3 is 0 Å². The Hall–Kier alpha value is -0.260. The van der Waals surface area contributed by atoms with Crippen LogP contribution in [0.5, 0.6) is 0 Å². The van der Waals surface area contributed by atoms with Crippen LogP contribution in [0.1, 0.15) is 37.0 Å². The predicted molar refractivity (Wildman–Crippen MR) is 98.8 cm³/mol. The quantitative estimate of drug-likeness (QED) is 0.471. The van der Waals surface area contributed by atoms with E-state index >= 15 is 0 Å². The molecule has 0 N–H and O–H groups in total. The Balaban J connectivity index is 2.10. The van der Waals surface area contributed by atoms with Crippen LogP contribution in [0, 0.1) is 0 Å². The largest absolute Gasteiger partial charge is 0.336 e. The fourth-order valence-corrected chi connectivity index (χ4v) is 4.96. The number of aromatic nitrogens is 2. The molecule has 2 nitrogen and oxygen atoms in total. The van der Waals surface area contributed by atoms with Gasteiger partial charge in [-0.25, -0.2) is 4.98 Å². The molecule has 0 aliphatic carbocycles. The monoisotopic (exact) mass is 430 g/mol. The van der Waals surface area contributed by atoms with Crippen LogP contribution >= 0.6 is 43.6 Å². The molecule has 1 aromatic carbocycles. The van der Waals surface area contributed by atoms with Crippen molar-refractivity contribution in [2.75, 3.05) is 5.75 Å². The Kier molecular flexibility index (Phi) is 7.34. The zero-order valence-electron chi connectivity index (χ0n) is 12.1. The third-order valence-corrected chi connectivity index (χ3v) is 5.82. The highest BCUT2D eigenvalue weighted by Gasteiger charge is 2.16. The lowest BCUT2D eigenvalue weighted by molar-refractivity contribution is 0.679. The highest BCUT2D eigenvalue weighted by Crippen LogP contribution is 2.37. The number of unbranched alkanes of at least 4 members (excludes halogenated alkanes) is 2. The molecule has 1 unspecified atom stereocenters. The number of hydrogen-bond acceptors (Lipinski definition) is 2. The Morgan fingerprint density at radius 2 is 2.14 bits per heavy atom. The molecule has 0 spiro atoms. The normalized spacial score (nSPS) is 12.5. The maximum atomic E-state index is 4.15. The summed E-state index contributed by atoms with van der Waals surface area (Å²) in [4.78, 5) is 4.15. The zero-order valence-corrected chi connectivity index (χ0v) is 16.1. The Morgan fingerprint density at radius 3 is 2.81 bits per heavy atom. The molecule has 0 aliphatic heterocycles. The first-order valence-corrected chi connectivity index (χ1v) is 9.86. The van der Waals surface area contributed by atoms with Gasteiger partial charge in [0.1, 0.15) is 0 Å². The van der Waals surface area contributed by atoms with E-state index in [0.717, 1.165) is 11.0 Å². The van der Waals surface area contributed by atoms with Crippen LogP contribution in [0.4, 0.5) is 0 Å². The molecule has 5 heteroatoms. The van der Waals surface area contributed by atoms with Crippen LogP contribution < -0.4 is 0 Å². The number of halogens is 2. The van der Waals surface area contributed by atoms with E-state index in [1.165, 1.54) is 35.1 Å². The van der Waals surface area contributed by atoms with Gasteiger partial charge in [-0.1, -0.05) is 57.7 Å². The lowest BCUT2D eigenvalue weighted by Crippen LogP contribution is -2.06.